The number of piperidine rings is 1. The van der Waals surface area contributed by atoms with E-state index in [1.54, 1.807) is 20.8 Å². The van der Waals surface area contributed by atoms with Gasteiger partial charge in [0.25, 0.3) is 0 Å². The molecule has 1 aliphatic heterocycles. The van der Waals surface area contributed by atoms with Gasteiger partial charge in [-0.2, -0.15) is 0 Å². The monoisotopic (exact) mass is 353 g/mol. The lowest BCUT2D eigenvalue weighted by atomic mass is 9.96. The van der Waals surface area contributed by atoms with Gasteiger partial charge in [-0.15, -0.1) is 0 Å². The van der Waals surface area contributed by atoms with E-state index in [9.17, 15) is 14.4 Å². The number of alkyl carbamates (subject to hydrolysis) is 1. The van der Waals surface area contributed by atoms with E-state index in [0.717, 1.165) is 45.3 Å². The molecule has 2 N–H and O–H groups in total. The minimum atomic E-state index is -0.537. The Labute approximate surface area is 149 Å². The van der Waals surface area contributed by atoms with E-state index in [4.69, 9.17) is 4.74 Å². The largest absolute Gasteiger partial charge is 0.444 e. The van der Waals surface area contributed by atoms with Crippen molar-refractivity contribution in [2.24, 2.45) is 11.8 Å². The zero-order valence-corrected chi connectivity index (χ0v) is 15.6. The Morgan fingerprint density at radius 1 is 1.04 bits per heavy atom. The average molecular weight is 353 g/mol. The first kappa shape index (κ1) is 19.5. The zero-order valence-electron chi connectivity index (χ0n) is 15.6. The highest BCUT2D eigenvalue weighted by Crippen LogP contribution is 2.29. The first-order valence-corrected chi connectivity index (χ1v) is 9.27. The molecule has 0 spiro atoms. The molecule has 1 aliphatic carbocycles. The van der Waals surface area contributed by atoms with Crippen molar-refractivity contribution >= 4 is 17.9 Å². The van der Waals surface area contributed by atoms with Crippen LogP contribution in [0.15, 0.2) is 0 Å². The van der Waals surface area contributed by atoms with Gasteiger partial charge < -0.3 is 20.3 Å². The Morgan fingerprint density at radius 2 is 1.68 bits per heavy atom. The number of nitrogens with one attached hydrogen (secondary N) is 2. The van der Waals surface area contributed by atoms with E-state index in [0.29, 0.717) is 5.92 Å². The highest BCUT2D eigenvalue weighted by atomic mass is 16.6. The number of ether oxygens (including phenoxy) is 1. The van der Waals surface area contributed by atoms with Gasteiger partial charge in [0.15, 0.2) is 0 Å². The van der Waals surface area contributed by atoms with Crippen LogP contribution in [0, 0.1) is 11.8 Å². The van der Waals surface area contributed by atoms with Crippen molar-refractivity contribution < 1.29 is 19.1 Å². The quantitative estimate of drug-likeness (QED) is 0.760. The normalized spacial score (nSPS) is 18.6. The standard InChI is InChI=1S/C18H31N3O4/c1-18(2,3)25-17(24)19-9-6-15(22)21-10-7-13(8-11-21)12-20-16(23)14-4-5-14/h13-14H,4-12H2,1-3H3,(H,19,24)(H,20,23). The molecule has 142 valence electrons. The predicted octanol–water partition coefficient (Wildman–Crippen LogP) is 1.67. The number of hydrogen-bond donors (Lipinski definition) is 2. The highest BCUT2D eigenvalue weighted by Gasteiger charge is 2.30. The molecule has 0 aromatic carbocycles. The van der Waals surface area contributed by atoms with Crippen molar-refractivity contribution in [2.45, 2.75) is 58.5 Å². The smallest absolute Gasteiger partial charge is 0.407 e. The molecule has 0 unspecified atom stereocenters. The van der Waals surface area contributed by atoms with Crippen molar-refractivity contribution in [3.8, 4) is 0 Å². The summed E-state index contributed by atoms with van der Waals surface area (Å²) >= 11 is 0. The Morgan fingerprint density at radius 3 is 2.24 bits per heavy atom. The van der Waals surface area contributed by atoms with Gasteiger partial charge in [-0.25, -0.2) is 4.79 Å². The molecule has 0 bridgehead atoms. The molecule has 3 amide bonds. The van der Waals surface area contributed by atoms with Crippen LogP contribution in [0.5, 0.6) is 0 Å². The minimum Gasteiger partial charge on any atom is -0.444 e. The lowest BCUT2D eigenvalue weighted by Gasteiger charge is -2.32. The molecule has 1 saturated carbocycles. The third kappa shape index (κ3) is 7.32. The number of carbonyl (C=O) groups is 3. The van der Waals surface area contributed by atoms with Gasteiger partial charge in [-0.1, -0.05) is 0 Å². The second kappa shape index (κ2) is 8.54. The molecule has 7 nitrogen and oxygen atoms in total. The van der Waals surface area contributed by atoms with Crippen molar-refractivity contribution in [3.63, 3.8) is 0 Å². The van der Waals surface area contributed by atoms with E-state index < -0.39 is 11.7 Å². The summed E-state index contributed by atoms with van der Waals surface area (Å²) in [6.45, 7) is 7.84. The van der Waals surface area contributed by atoms with Gasteiger partial charge in [0, 0.05) is 38.5 Å². The number of likely N-dealkylation sites (tertiary alicyclic amines) is 1. The van der Waals surface area contributed by atoms with E-state index in [1.165, 1.54) is 0 Å². The number of hydrogen-bond acceptors (Lipinski definition) is 4. The Kier molecular flexibility index (Phi) is 6.67. The zero-order chi connectivity index (χ0) is 18.4. The second-order valence-corrected chi connectivity index (χ2v) is 8.02. The van der Waals surface area contributed by atoms with Gasteiger partial charge in [-0.3, -0.25) is 9.59 Å². The van der Waals surface area contributed by atoms with Crippen LogP contribution in [0.2, 0.25) is 0 Å². The topological polar surface area (TPSA) is 87.7 Å². The van der Waals surface area contributed by atoms with Gasteiger partial charge in [0.1, 0.15) is 5.60 Å². The van der Waals surface area contributed by atoms with Crippen LogP contribution in [0.1, 0.15) is 52.9 Å². The second-order valence-electron chi connectivity index (χ2n) is 8.02. The first-order chi connectivity index (χ1) is 11.7. The summed E-state index contributed by atoms with van der Waals surface area (Å²) in [6, 6.07) is 0. The maximum Gasteiger partial charge on any atom is 0.407 e. The maximum absolute atomic E-state index is 12.2. The van der Waals surface area contributed by atoms with Crippen molar-refractivity contribution in [2.75, 3.05) is 26.2 Å². The predicted molar refractivity (Wildman–Crippen MR) is 93.9 cm³/mol. The lowest BCUT2D eigenvalue weighted by molar-refractivity contribution is -0.132. The van der Waals surface area contributed by atoms with Crippen LogP contribution in [0.25, 0.3) is 0 Å². The molecular weight excluding hydrogens is 322 g/mol. The third-order valence-corrected chi connectivity index (χ3v) is 4.49. The van der Waals surface area contributed by atoms with Gasteiger partial charge >= 0.3 is 6.09 Å². The highest BCUT2D eigenvalue weighted by molar-refractivity contribution is 5.80. The minimum absolute atomic E-state index is 0.0523. The lowest BCUT2D eigenvalue weighted by Crippen LogP contribution is -2.43. The van der Waals surface area contributed by atoms with Gasteiger partial charge in [-0.05, 0) is 52.4 Å². The fourth-order valence-corrected chi connectivity index (χ4v) is 2.87. The molecule has 0 aromatic heterocycles. The molecule has 1 heterocycles. The van der Waals surface area contributed by atoms with Crippen LogP contribution < -0.4 is 10.6 Å². The van der Waals surface area contributed by atoms with Crippen LogP contribution >= 0.6 is 0 Å². The summed E-state index contributed by atoms with van der Waals surface area (Å²) in [4.78, 5) is 37.2. The number of rotatable bonds is 6. The Balaban J connectivity index is 1.57. The van der Waals surface area contributed by atoms with E-state index in [-0.39, 0.29) is 30.7 Å². The van der Waals surface area contributed by atoms with Gasteiger partial charge in [0.05, 0.1) is 0 Å². The maximum atomic E-state index is 12.2. The molecule has 2 fully saturated rings. The fourth-order valence-electron chi connectivity index (χ4n) is 2.87. The number of nitrogens with zero attached hydrogens (tertiary/aromatic N) is 1. The Hall–Kier alpha value is -1.79. The van der Waals surface area contributed by atoms with Crippen LogP contribution in [0.3, 0.4) is 0 Å². The molecule has 2 aliphatic rings. The molecule has 7 heteroatoms. The first-order valence-electron chi connectivity index (χ1n) is 9.27. The summed E-state index contributed by atoms with van der Waals surface area (Å²) in [6.07, 6.45) is 3.66. The van der Waals surface area contributed by atoms with E-state index in [1.807, 2.05) is 4.90 Å². The summed E-state index contributed by atoms with van der Waals surface area (Å²) in [5.41, 5.74) is -0.537. The molecule has 0 aromatic rings. The summed E-state index contributed by atoms with van der Waals surface area (Å²) in [7, 11) is 0. The van der Waals surface area contributed by atoms with Crippen LogP contribution in [-0.2, 0) is 14.3 Å². The van der Waals surface area contributed by atoms with Crippen molar-refractivity contribution in [3.05, 3.63) is 0 Å². The van der Waals surface area contributed by atoms with E-state index in [2.05, 4.69) is 10.6 Å². The molecule has 0 atom stereocenters. The number of amides is 3. The van der Waals surface area contributed by atoms with Gasteiger partial charge in [0.2, 0.25) is 11.8 Å². The van der Waals surface area contributed by atoms with E-state index >= 15 is 0 Å². The average Bonchev–Trinajstić information content (AvgIpc) is 3.36. The SMILES string of the molecule is CC(C)(C)OC(=O)NCCC(=O)N1CCC(CNC(=O)C2CC2)CC1. The molecular formula is C18H31N3O4. The van der Waals surface area contributed by atoms with Crippen LogP contribution in [0.4, 0.5) is 4.79 Å². The van der Waals surface area contributed by atoms with Crippen LogP contribution in [-0.4, -0.2) is 54.6 Å². The van der Waals surface area contributed by atoms with Crippen molar-refractivity contribution in [1.29, 1.82) is 0 Å². The summed E-state index contributed by atoms with van der Waals surface area (Å²) in [5.74, 6) is 0.939. The third-order valence-electron chi connectivity index (χ3n) is 4.49. The molecule has 1 saturated heterocycles. The summed E-state index contributed by atoms with van der Waals surface area (Å²) in [5, 5.41) is 5.63. The number of carbonyl (C=O) groups excluding carboxylic acids is 3. The molecule has 25 heavy (non-hydrogen) atoms. The molecule has 2 rings (SSSR count). The molecule has 0 radical (unpaired) electrons. The fraction of sp³-hybridized carbons (Fsp3) is 0.833. The van der Waals surface area contributed by atoms with Crippen molar-refractivity contribution in [1.82, 2.24) is 15.5 Å². The summed E-state index contributed by atoms with van der Waals surface area (Å²) < 4.78 is 5.14. The Bertz CT molecular complexity index is 489.